The molecule has 21 heavy (non-hydrogen) atoms. The van der Waals surface area contributed by atoms with Crippen LogP contribution in [0.4, 0.5) is 17.6 Å². The summed E-state index contributed by atoms with van der Waals surface area (Å²) in [5.41, 5.74) is -0.943. The third-order valence-corrected chi connectivity index (χ3v) is 2.98. The van der Waals surface area contributed by atoms with Crippen LogP contribution >= 0.6 is 11.6 Å². The first-order chi connectivity index (χ1) is 9.81. The molecule has 0 N–H and O–H groups in total. The summed E-state index contributed by atoms with van der Waals surface area (Å²) in [7, 11) is 0. The van der Waals surface area contributed by atoms with Crippen molar-refractivity contribution in [1.29, 1.82) is 0 Å². The second-order valence-electron chi connectivity index (χ2n) is 4.43. The normalized spacial score (nSPS) is 11.7. The lowest BCUT2D eigenvalue weighted by molar-refractivity contribution is -0.139. The van der Waals surface area contributed by atoms with Crippen LogP contribution in [-0.2, 0) is 12.6 Å². The van der Waals surface area contributed by atoms with Gasteiger partial charge in [-0.2, -0.15) is 13.2 Å². The van der Waals surface area contributed by atoms with Gasteiger partial charge in [0.05, 0.1) is 11.3 Å². The van der Waals surface area contributed by atoms with E-state index in [0.717, 1.165) is 18.6 Å². The Morgan fingerprint density at radius 1 is 1.14 bits per heavy atom. The number of aryl methyl sites for hydroxylation is 1. The van der Waals surface area contributed by atoms with Crippen molar-refractivity contribution in [2.75, 3.05) is 0 Å². The quantitative estimate of drug-likeness (QED) is 0.593. The van der Waals surface area contributed by atoms with Crippen LogP contribution in [0.2, 0.25) is 5.15 Å². The lowest BCUT2D eigenvalue weighted by atomic mass is 10.1. The predicted octanol–water partition coefficient (Wildman–Crippen LogP) is 4.91. The zero-order chi connectivity index (χ0) is 15.6. The Morgan fingerprint density at radius 2 is 1.86 bits per heavy atom. The summed E-state index contributed by atoms with van der Waals surface area (Å²) in [4.78, 5) is 8.16. The fourth-order valence-corrected chi connectivity index (χ4v) is 2.05. The van der Waals surface area contributed by atoms with E-state index >= 15 is 0 Å². The molecule has 0 atom stereocenters. The standard InChI is InChI=1S/C14H11ClF4N2/c1-2-3-13-20-11(7-12(15)21-13)8-4-5-10(16)9(6-8)14(17,18)19/h4-7H,2-3H2,1H3. The molecule has 0 saturated heterocycles. The van der Waals surface area contributed by atoms with Gasteiger partial charge in [-0.1, -0.05) is 18.5 Å². The van der Waals surface area contributed by atoms with E-state index in [2.05, 4.69) is 9.97 Å². The third-order valence-electron chi connectivity index (χ3n) is 2.78. The summed E-state index contributed by atoms with van der Waals surface area (Å²) in [6.45, 7) is 1.92. The van der Waals surface area contributed by atoms with E-state index in [1.807, 2.05) is 6.92 Å². The van der Waals surface area contributed by atoms with Crippen molar-refractivity contribution in [2.24, 2.45) is 0 Å². The molecule has 2 rings (SSSR count). The van der Waals surface area contributed by atoms with Gasteiger partial charge in [-0.3, -0.25) is 0 Å². The van der Waals surface area contributed by atoms with Crippen LogP contribution in [0.15, 0.2) is 24.3 Å². The predicted molar refractivity (Wildman–Crippen MR) is 71.4 cm³/mol. The van der Waals surface area contributed by atoms with Crippen molar-refractivity contribution in [3.05, 3.63) is 46.6 Å². The van der Waals surface area contributed by atoms with Crippen LogP contribution in [0.3, 0.4) is 0 Å². The van der Waals surface area contributed by atoms with Crippen LogP contribution in [0, 0.1) is 5.82 Å². The van der Waals surface area contributed by atoms with Crippen LogP contribution < -0.4 is 0 Å². The molecule has 1 aromatic carbocycles. The minimum Gasteiger partial charge on any atom is -0.233 e. The van der Waals surface area contributed by atoms with Crippen molar-refractivity contribution < 1.29 is 17.6 Å². The third kappa shape index (κ3) is 3.69. The number of hydrogen-bond donors (Lipinski definition) is 0. The highest BCUT2D eigenvalue weighted by Gasteiger charge is 2.34. The molecular weight excluding hydrogens is 308 g/mol. The fourth-order valence-electron chi connectivity index (χ4n) is 1.85. The van der Waals surface area contributed by atoms with Gasteiger partial charge in [-0.15, -0.1) is 0 Å². The Kier molecular flexibility index (Phi) is 4.46. The largest absolute Gasteiger partial charge is 0.419 e. The Balaban J connectivity index is 2.52. The average Bonchev–Trinajstić information content (AvgIpc) is 2.37. The van der Waals surface area contributed by atoms with E-state index in [9.17, 15) is 17.6 Å². The first-order valence-electron chi connectivity index (χ1n) is 6.22. The number of rotatable bonds is 3. The number of aromatic nitrogens is 2. The summed E-state index contributed by atoms with van der Waals surface area (Å²) in [5.74, 6) is -0.877. The maximum Gasteiger partial charge on any atom is 0.419 e. The van der Waals surface area contributed by atoms with E-state index < -0.39 is 17.6 Å². The molecule has 2 nitrogen and oxygen atoms in total. The summed E-state index contributed by atoms with van der Waals surface area (Å²) < 4.78 is 51.5. The number of nitrogens with zero attached hydrogens (tertiary/aromatic N) is 2. The molecule has 0 aliphatic heterocycles. The van der Waals surface area contributed by atoms with Crippen molar-refractivity contribution in [1.82, 2.24) is 9.97 Å². The first kappa shape index (κ1) is 15.7. The lowest BCUT2D eigenvalue weighted by Crippen LogP contribution is -2.08. The molecule has 112 valence electrons. The second-order valence-corrected chi connectivity index (χ2v) is 4.82. The maximum atomic E-state index is 13.3. The molecule has 1 aromatic heterocycles. The van der Waals surface area contributed by atoms with Gasteiger partial charge < -0.3 is 0 Å². The highest BCUT2D eigenvalue weighted by molar-refractivity contribution is 6.29. The molecule has 0 amide bonds. The molecule has 0 fully saturated rings. The second kappa shape index (κ2) is 5.97. The van der Waals surface area contributed by atoms with Crippen LogP contribution in [0.5, 0.6) is 0 Å². The van der Waals surface area contributed by atoms with Gasteiger partial charge in [0, 0.05) is 18.1 Å². The SMILES string of the molecule is CCCc1nc(Cl)cc(-c2ccc(F)c(C(F)(F)F)c2)n1. The van der Waals surface area contributed by atoms with E-state index in [1.165, 1.54) is 12.1 Å². The van der Waals surface area contributed by atoms with Gasteiger partial charge in [0.1, 0.15) is 16.8 Å². The Hall–Kier alpha value is -1.69. The fraction of sp³-hybridized carbons (Fsp3) is 0.286. The molecule has 0 saturated carbocycles. The number of hydrogen-bond acceptors (Lipinski definition) is 2. The molecule has 0 bridgehead atoms. The highest BCUT2D eigenvalue weighted by atomic mass is 35.5. The topological polar surface area (TPSA) is 25.8 Å². The summed E-state index contributed by atoms with van der Waals surface area (Å²) >= 11 is 5.85. The lowest BCUT2D eigenvalue weighted by Gasteiger charge is -2.10. The van der Waals surface area contributed by atoms with Crippen molar-refractivity contribution in [3.63, 3.8) is 0 Å². The molecule has 7 heteroatoms. The average molecular weight is 319 g/mol. The smallest absolute Gasteiger partial charge is 0.233 e. The van der Waals surface area contributed by atoms with Gasteiger partial charge in [-0.05, 0) is 24.6 Å². The first-order valence-corrected chi connectivity index (χ1v) is 6.59. The Labute approximate surface area is 123 Å². The van der Waals surface area contributed by atoms with Crippen LogP contribution in [0.25, 0.3) is 11.3 Å². The summed E-state index contributed by atoms with van der Waals surface area (Å²) in [6.07, 6.45) is -3.43. The van der Waals surface area contributed by atoms with E-state index in [1.54, 1.807) is 0 Å². The molecule has 0 spiro atoms. The number of alkyl halides is 3. The summed E-state index contributed by atoms with van der Waals surface area (Å²) in [5, 5.41) is 0.140. The van der Waals surface area contributed by atoms with Gasteiger partial charge in [0.2, 0.25) is 0 Å². The molecular formula is C14H11ClF4N2. The summed E-state index contributed by atoms with van der Waals surface area (Å²) in [6, 6.07) is 4.09. The van der Waals surface area contributed by atoms with Crippen molar-refractivity contribution in [3.8, 4) is 11.3 Å². The van der Waals surface area contributed by atoms with E-state index in [4.69, 9.17) is 11.6 Å². The zero-order valence-corrected chi connectivity index (χ0v) is 11.8. The minimum absolute atomic E-state index is 0.140. The molecule has 0 unspecified atom stereocenters. The van der Waals surface area contributed by atoms with Gasteiger partial charge in [0.15, 0.2) is 0 Å². The van der Waals surface area contributed by atoms with Crippen molar-refractivity contribution in [2.45, 2.75) is 25.9 Å². The minimum atomic E-state index is -4.76. The number of benzene rings is 1. The van der Waals surface area contributed by atoms with Gasteiger partial charge >= 0.3 is 6.18 Å². The van der Waals surface area contributed by atoms with Crippen LogP contribution in [0.1, 0.15) is 24.7 Å². The van der Waals surface area contributed by atoms with E-state index in [-0.39, 0.29) is 16.4 Å². The van der Waals surface area contributed by atoms with Crippen molar-refractivity contribution >= 4 is 11.6 Å². The highest BCUT2D eigenvalue weighted by Crippen LogP contribution is 2.34. The molecule has 0 aliphatic carbocycles. The molecule has 2 aromatic rings. The monoisotopic (exact) mass is 318 g/mol. The van der Waals surface area contributed by atoms with E-state index in [0.29, 0.717) is 12.2 Å². The molecule has 0 aliphatic rings. The van der Waals surface area contributed by atoms with Gasteiger partial charge in [0.25, 0.3) is 0 Å². The van der Waals surface area contributed by atoms with Gasteiger partial charge in [-0.25, -0.2) is 14.4 Å². The Morgan fingerprint density at radius 3 is 2.48 bits per heavy atom. The Bertz CT molecular complexity index is 656. The van der Waals surface area contributed by atoms with Crippen LogP contribution in [-0.4, -0.2) is 9.97 Å². The number of halogens is 5. The molecule has 0 radical (unpaired) electrons. The zero-order valence-electron chi connectivity index (χ0n) is 11.0. The maximum absolute atomic E-state index is 13.3. The molecule has 1 heterocycles.